The van der Waals surface area contributed by atoms with Gasteiger partial charge in [0.1, 0.15) is 5.82 Å². The number of halogens is 11. The fourth-order valence-electron chi connectivity index (χ4n) is 0.885. The molecule has 1 rings (SSSR count). The van der Waals surface area contributed by atoms with Gasteiger partial charge in [-0.15, -0.1) is 0 Å². The molecule has 0 unspecified atom stereocenters. The third-order valence-electron chi connectivity index (χ3n) is 1.96. The first kappa shape index (κ1) is 27.1. The van der Waals surface area contributed by atoms with E-state index in [1.54, 1.807) is 0 Å². The minimum Gasteiger partial charge on any atom is -0.421 e. The maximum atomic E-state index is 12.4. The second-order valence-electron chi connectivity index (χ2n) is 4.24. The number of hydrogen-bond donors (Lipinski definition) is 0. The summed E-state index contributed by atoms with van der Waals surface area (Å²) in [7, 11) is -13.4. The van der Waals surface area contributed by atoms with Crippen LogP contribution >= 0.6 is 0 Å². The largest absolute Gasteiger partial charge is 0.480 e. The van der Waals surface area contributed by atoms with Crippen LogP contribution in [0.15, 0.2) is 24.3 Å². The molecule has 0 aromatic heterocycles. The number of sulfonamides is 2. The van der Waals surface area contributed by atoms with E-state index in [2.05, 4.69) is 0 Å². The standard InChI is InChI=1S/C8H6F4I.C2F6NO4S2/c9-6-1-3-7(4-2-6)13-5-8(10,11)12;3-1(4,5)14(10,11)9-15(12,13)2(6,7)8/h1-4H,5H2;/q+1;-1. The second-order valence-corrected chi connectivity index (χ2v) is 10.4. The number of rotatable bonds is 4. The average molecular weight is 585 g/mol. The van der Waals surface area contributed by atoms with E-state index < -0.39 is 68.7 Å². The molecule has 0 bridgehead atoms. The summed E-state index contributed by atoms with van der Waals surface area (Å²) in [4.78, 5) is 0. The predicted molar refractivity (Wildman–Crippen MR) is 69.3 cm³/mol. The monoisotopic (exact) mass is 585 g/mol. The summed E-state index contributed by atoms with van der Waals surface area (Å²) in [6.45, 7) is 0. The van der Waals surface area contributed by atoms with Crippen molar-refractivity contribution in [2.24, 2.45) is 0 Å². The van der Waals surface area contributed by atoms with Gasteiger partial charge in [0.05, 0.1) is 0 Å². The van der Waals surface area contributed by atoms with Gasteiger partial charge in [-0.25, -0.2) is 21.2 Å². The van der Waals surface area contributed by atoms with Crippen LogP contribution in [0.1, 0.15) is 0 Å². The Hall–Kier alpha value is -0.890. The number of nitrogens with zero attached hydrogens (tertiary/aromatic N) is 1. The molecule has 0 amide bonds. The Kier molecular flexibility index (Phi) is 8.99. The lowest BCUT2D eigenvalue weighted by atomic mass is 10.4. The quantitative estimate of drug-likeness (QED) is 0.297. The van der Waals surface area contributed by atoms with E-state index in [-0.39, 0.29) is 0 Å². The molecular weight excluding hydrogens is 579 g/mol. The summed E-state index contributed by atoms with van der Waals surface area (Å²) in [5.41, 5.74) is -12.4. The van der Waals surface area contributed by atoms with Gasteiger partial charge in [-0.05, 0) is 24.3 Å². The van der Waals surface area contributed by atoms with Crippen molar-refractivity contribution in [1.29, 1.82) is 0 Å². The molecule has 0 aliphatic heterocycles. The van der Waals surface area contributed by atoms with Crippen LogP contribution in [0.25, 0.3) is 4.13 Å². The molecule has 5 nitrogen and oxygen atoms in total. The third kappa shape index (κ3) is 9.54. The molecule has 0 aliphatic rings. The Morgan fingerprint density at radius 3 is 1.39 bits per heavy atom. The molecule has 0 radical (unpaired) electrons. The first-order valence-electron chi connectivity index (χ1n) is 5.96. The van der Waals surface area contributed by atoms with Crippen LogP contribution in [-0.2, 0) is 20.0 Å². The number of alkyl halides is 10. The van der Waals surface area contributed by atoms with Gasteiger partial charge in [0.25, 0.3) is 0 Å². The molecule has 0 fully saturated rings. The summed E-state index contributed by atoms with van der Waals surface area (Å²) < 4.78 is 157. The van der Waals surface area contributed by atoms with Crippen LogP contribution in [0.4, 0.5) is 43.9 Å². The van der Waals surface area contributed by atoms with E-state index >= 15 is 0 Å². The van der Waals surface area contributed by atoms with E-state index in [1.807, 2.05) is 0 Å². The van der Waals surface area contributed by atoms with Gasteiger partial charge in [-0.1, -0.05) is 0 Å². The van der Waals surface area contributed by atoms with Crippen LogP contribution in [0.3, 0.4) is 0 Å². The van der Waals surface area contributed by atoms with Crippen molar-refractivity contribution in [1.82, 2.24) is 0 Å². The van der Waals surface area contributed by atoms with Crippen LogP contribution in [-0.4, -0.2) is 38.5 Å². The molecule has 1 aromatic carbocycles. The Labute approximate surface area is 161 Å². The SMILES string of the molecule is Fc1ccc([I+]CC(F)(F)F)cc1.O=S(=O)([N-]S(=O)(=O)C(F)(F)F)C(F)(F)F. The highest BCUT2D eigenvalue weighted by atomic mass is 127. The molecule has 0 aliphatic carbocycles. The van der Waals surface area contributed by atoms with Crippen LogP contribution in [0.5, 0.6) is 0 Å². The van der Waals surface area contributed by atoms with Crippen molar-refractivity contribution in [3.63, 3.8) is 0 Å². The topological polar surface area (TPSA) is 82.4 Å². The molecule has 28 heavy (non-hydrogen) atoms. The van der Waals surface area contributed by atoms with Gasteiger partial charge in [-0.3, -0.25) is 0 Å². The maximum absolute atomic E-state index is 12.4. The van der Waals surface area contributed by atoms with Gasteiger partial charge >= 0.3 is 38.4 Å². The zero-order chi connectivity index (χ0) is 22.6. The van der Waals surface area contributed by atoms with Crippen LogP contribution < -0.4 is 21.2 Å². The zero-order valence-corrected chi connectivity index (χ0v) is 16.4. The van der Waals surface area contributed by atoms with Crippen molar-refractivity contribution >= 4 is 20.0 Å². The van der Waals surface area contributed by atoms with E-state index in [9.17, 15) is 60.7 Å². The van der Waals surface area contributed by atoms with Crippen molar-refractivity contribution < 1.29 is 81.9 Å². The van der Waals surface area contributed by atoms with Gasteiger partial charge < -0.3 is 4.13 Å². The van der Waals surface area contributed by atoms with Crippen LogP contribution in [0.2, 0.25) is 0 Å². The molecule has 0 spiro atoms. The average Bonchev–Trinajstić information content (AvgIpc) is 2.43. The Morgan fingerprint density at radius 1 is 0.750 bits per heavy atom. The van der Waals surface area contributed by atoms with Crippen molar-refractivity contribution in [3.8, 4) is 0 Å². The highest BCUT2D eigenvalue weighted by Gasteiger charge is 2.47. The Bertz CT molecular complexity index is 802. The molecule has 1 aromatic rings. The molecule has 0 atom stereocenters. The van der Waals surface area contributed by atoms with Crippen LogP contribution in [0, 0.1) is 9.39 Å². The normalized spacial score (nSPS) is 13.6. The summed E-state index contributed by atoms with van der Waals surface area (Å²) in [5, 5.41) is 0. The Balaban J connectivity index is 0.000000525. The highest BCUT2D eigenvalue weighted by Crippen LogP contribution is 2.36. The van der Waals surface area contributed by atoms with E-state index in [4.69, 9.17) is 0 Å². The predicted octanol–water partition coefficient (Wildman–Crippen LogP) is 0.706. The molecule has 0 saturated heterocycles. The lowest BCUT2D eigenvalue weighted by Crippen LogP contribution is -3.63. The number of hydrogen-bond acceptors (Lipinski definition) is 4. The molecular formula is C10H6F10INO4S2. The molecule has 164 valence electrons. The minimum atomic E-state index is -6.72. The van der Waals surface area contributed by atoms with E-state index in [1.165, 1.54) is 24.3 Å². The summed E-state index contributed by atoms with van der Waals surface area (Å²) in [5.74, 6) is -0.417. The fourth-order valence-corrected chi connectivity index (χ4v) is 4.34. The van der Waals surface area contributed by atoms with Crippen molar-refractivity contribution in [3.05, 3.63) is 37.8 Å². The lowest BCUT2D eigenvalue weighted by Gasteiger charge is -2.22. The van der Waals surface area contributed by atoms with Crippen molar-refractivity contribution in [2.75, 3.05) is 4.43 Å². The molecule has 0 saturated carbocycles. The fraction of sp³-hybridized carbons (Fsp3) is 0.400. The van der Waals surface area contributed by atoms with Gasteiger partial charge in [0.2, 0.25) is 4.43 Å². The van der Waals surface area contributed by atoms with Gasteiger partial charge in [-0.2, -0.15) is 39.5 Å². The molecule has 0 N–H and O–H groups in total. The smallest absolute Gasteiger partial charge is 0.421 e. The molecule has 18 heteroatoms. The third-order valence-corrected chi connectivity index (χ3v) is 7.54. The highest BCUT2D eigenvalue weighted by molar-refractivity contribution is 8.13. The van der Waals surface area contributed by atoms with Gasteiger partial charge in [0.15, 0.2) is 23.6 Å². The van der Waals surface area contributed by atoms with E-state index in [0.29, 0.717) is 3.57 Å². The summed E-state index contributed by atoms with van der Waals surface area (Å²) in [6.07, 6.45) is -4.10. The first-order valence-corrected chi connectivity index (χ1v) is 11.4. The minimum absolute atomic E-state index is 0.417. The second kappa shape index (κ2) is 9.28. The summed E-state index contributed by atoms with van der Waals surface area (Å²) >= 11 is -1.07. The summed E-state index contributed by atoms with van der Waals surface area (Å²) in [6, 6.07) is 5.19. The number of benzene rings is 1. The molecule has 0 heterocycles. The lowest BCUT2D eigenvalue weighted by molar-refractivity contribution is -0.650. The Morgan fingerprint density at radius 2 is 1.11 bits per heavy atom. The van der Waals surface area contributed by atoms with Gasteiger partial charge in [0, 0.05) is 0 Å². The van der Waals surface area contributed by atoms with E-state index in [0.717, 1.165) is 4.13 Å². The maximum Gasteiger partial charge on any atom is 0.480 e. The first-order chi connectivity index (χ1) is 12.2. The zero-order valence-electron chi connectivity index (χ0n) is 12.6. The van der Waals surface area contributed by atoms with Crippen molar-refractivity contribution in [2.45, 2.75) is 17.2 Å².